The quantitative estimate of drug-likeness (QED) is 0.478. The topological polar surface area (TPSA) is 58.2 Å². The van der Waals surface area contributed by atoms with E-state index >= 15 is 0 Å². The predicted molar refractivity (Wildman–Crippen MR) is 79.1 cm³/mol. The van der Waals surface area contributed by atoms with E-state index in [1.165, 1.54) is 43.3 Å². The summed E-state index contributed by atoms with van der Waals surface area (Å²) in [6.45, 7) is 2.00. The van der Waals surface area contributed by atoms with Crippen LogP contribution in [0.25, 0.3) is 6.08 Å². The van der Waals surface area contributed by atoms with Gasteiger partial charge in [0, 0.05) is 31.0 Å². The Morgan fingerprint density at radius 1 is 1.14 bits per heavy atom. The SMILES string of the molecule is CC(=O)NCCNC(=O)/C=C/c1ccc(SC(F)(F)F)cc1. The summed E-state index contributed by atoms with van der Waals surface area (Å²) in [5.41, 5.74) is -3.70. The fourth-order valence-electron chi connectivity index (χ4n) is 1.44. The Morgan fingerprint density at radius 2 is 1.73 bits per heavy atom. The van der Waals surface area contributed by atoms with Gasteiger partial charge in [0.15, 0.2) is 0 Å². The van der Waals surface area contributed by atoms with Crippen LogP contribution in [0.2, 0.25) is 0 Å². The zero-order chi connectivity index (χ0) is 16.6. The summed E-state index contributed by atoms with van der Waals surface area (Å²) in [4.78, 5) is 22.1. The van der Waals surface area contributed by atoms with Crippen molar-refractivity contribution in [1.29, 1.82) is 0 Å². The zero-order valence-corrected chi connectivity index (χ0v) is 12.6. The number of carbonyl (C=O) groups excluding carboxylic acids is 2. The number of rotatable bonds is 6. The molecule has 22 heavy (non-hydrogen) atoms. The average molecular weight is 332 g/mol. The molecule has 1 aromatic rings. The minimum atomic E-state index is -4.31. The van der Waals surface area contributed by atoms with Crippen LogP contribution >= 0.6 is 11.8 Å². The fraction of sp³-hybridized carbons (Fsp3) is 0.286. The summed E-state index contributed by atoms with van der Waals surface area (Å²) >= 11 is -0.188. The molecule has 8 heteroatoms. The highest BCUT2D eigenvalue weighted by Crippen LogP contribution is 2.36. The van der Waals surface area contributed by atoms with Gasteiger partial charge in [0.1, 0.15) is 0 Å². The van der Waals surface area contributed by atoms with Gasteiger partial charge >= 0.3 is 5.51 Å². The van der Waals surface area contributed by atoms with Crippen LogP contribution in [0.15, 0.2) is 35.2 Å². The molecule has 0 aromatic heterocycles. The average Bonchev–Trinajstić information content (AvgIpc) is 2.41. The van der Waals surface area contributed by atoms with E-state index in [1.54, 1.807) is 0 Å². The van der Waals surface area contributed by atoms with Gasteiger partial charge < -0.3 is 10.6 Å². The maximum absolute atomic E-state index is 12.2. The van der Waals surface area contributed by atoms with E-state index in [0.29, 0.717) is 18.7 Å². The minimum absolute atomic E-state index is 0.0874. The van der Waals surface area contributed by atoms with Gasteiger partial charge in [-0.25, -0.2) is 0 Å². The summed E-state index contributed by atoms with van der Waals surface area (Å²) in [7, 11) is 0. The molecular weight excluding hydrogens is 317 g/mol. The molecule has 4 nitrogen and oxygen atoms in total. The number of amides is 2. The lowest BCUT2D eigenvalue weighted by Gasteiger charge is -2.05. The number of benzene rings is 1. The Morgan fingerprint density at radius 3 is 2.27 bits per heavy atom. The van der Waals surface area contributed by atoms with Crippen LogP contribution in [0.5, 0.6) is 0 Å². The third-order valence-corrected chi connectivity index (χ3v) is 3.08. The number of alkyl halides is 3. The van der Waals surface area contributed by atoms with Crippen LogP contribution in [-0.2, 0) is 9.59 Å². The molecule has 2 amide bonds. The number of carbonyl (C=O) groups is 2. The van der Waals surface area contributed by atoms with E-state index in [-0.39, 0.29) is 28.5 Å². The minimum Gasteiger partial charge on any atom is -0.355 e. The Hall–Kier alpha value is -1.96. The molecule has 1 rings (SSSR count). The molecular formula is C14H15F3N2O2S. The Labute approximate surface area is 130 Å². The molecule has 0 heterocycles. The monoisotopic (exact) mass is 332 g/mol. The van der Waals surface area contributed by atoms with Crippen LogP contribution in [0.3, 0.4) is 0 Å². The lowest BCUT2D eigenvalue weighted by Crippen LogP contribution is -2.32. The van der Waals surface area contributed by atoms with E-state index in [2.05, 4.69) is 10.6 Å². The standard InChI is InChI=1S/C14H15F3N2O2S/c1-10(20)18-8-9-19-13(21)7-4-11-2-5-12(6-3-11)22-14(15,16)17/h2-7H,8-9H2,1H3,(H,18,20)(H,19,21)/b7-4+. The van der Waals surface area contributed by atoms with Crippen LogP contribution in [0, 0.1) is 0 Å². The number of halogens is 3. The van der Waals surface area contributed by atoms with Crippen molar-refractivity contribution < 1.29 is 22.8 Å². The molecule has 120 valence electrons. The molecule has 0 aliphatic heterocycles. The Kier molecular flexibility index (Phi) is 6.97. The first kappa shape index (κ1) is 18.1. The first-order valence-electron chi connectivity index (χ1n) is 6.32. The summed E-state index contributed by atoms with van der Waals surface area (Å²) < 4.78 is 36.5. The molecule has 0 atom stereocenters. The van der Waals surface area contributed by atoms with E-state index in [4.69, 9.17) is 0 Å². The van der Waals surface area contributed by atoms with Crippen molar-refractivity contribution in [2.75, 3.05) is 13.1 Å². The smallest absolute Gasteiger partial charge is 0.355 e. The van der Waals surface area contributed by atoms with Gasteiger partial charge in [-0.2, -0.15) is 13.2 Å². The first-order chi connectivity index (χ1) is 10.3. The molecule has 0 aliphatic carbocycles. The molecule has 0 radical (unpaired) electrons. The highest BCUT2D eigenvalue weighted by atomic mass is 32.2. The zero-order valence-electron chi connectivity index (χ0n) is 11.7. The molecule has 1 aromatic carbocycles. The second-order valence-electron chi connectivity index (χ2n) is 4.22. The van der Waals surface area contributed by atoms with Gasteiger partial charge in [-0.3, -0.25) is 9.59 Å². The van der Waals surface area contributed by atoms with Crippen LogP contribution in [0.4, 0.5) is 13.2 Å². The number of thioether (sulfide) groups is 1. The van der Waals surface area contributed by atoms with Crippen LogP contribution in [-0.4, -0.2) is 30.4 Å². The highest BCUT2D eigenvalue weighted by molar-refractivity contribution is 8.00. The normalized spacial score (nSPS) is 11.5. The molecule has 0 saturated carbocycles. The summed E-state index contributed by atoms with van der Waals surface area (Å²) in [6.07, 6.45) is 2.77. The van der Waals surface area contributed by atoms with Gasteiger partial charge in [0.25, 0.3) is 0 Å². The molecule has 0 unspecified atom stereocenters. The predicted octanol–water partition coefficient (Wildman–Crippen LogP) is 2.56. The Balaban J connectivity index is 2.42. The molecule has 2 N–H and O–H groups in total. The maximum atomic E-state index is 12.2. The van der Waals surface area contributed by atoms with Crippen LogP contribution in [0.1, 0.15) is 12.5 Å². The maximum Gasteiger partial charge on any atom is 0.446 e. The van der Waals surface area contributed by atoms with Gasteiger partial charge in [-0.05, 0) is 35.5 Å². The van der Waals surface area contributed by atoms with E-state index in [0.717, 1.165) is 0 Å². The van der Waals surface area contributed by atoms with Crippen molar-refractivity contribution in [3.63, 3.8) is 0 Å². The van der Waals surface area contributed by atoms with Crippen molar-refractivity contribution in [2.24, 2.45) is 0 Å². The Bertz CT molecular complexity index is 542. The summed E-state index contributed by atoms with van der Waals surface area (Å²) in [5.74, 6) is -0.527. The van der Waals surface area contributed by atoms with Gasteiger partial charge in [0.05, 0.1) is 0 Å². The van der Waals surface area contributed by atoms with Crippen LogP contribution < -0.4 is 10.6 Å². The first-order valence-corrected chi connectivity index (χ1v) is 7.14. The third kappa shape index (κ3) is 8.35. The van der Waals surface area contributed by atoms with Gasteiger partial charge in [-0.1, -0.05) is 12.1 Å². The van der Waals surface area contributed by atoms with Crippen molar-refractivity contribution in [3.8, 4) is 0 Å². The molecule has 0 fully saturated rings. The van der Waals surface area contributed by atoms with Gasteiger partial charge in [0.2, 0.25) is 11.8 Å². The van der Waals surface area contributed by atoms with E-state index < -0.39 is 5.51 Å². The van der Waals surface area contributed by atoms with Gasteiger partial charge in [-0.15, -0.1) is 0 Å². The van der Waals surface area contributed by atoms with Crippen molar-refractivity contribution in [2.45, 2.75) is 17.3 Å². The fourth-order valence-corrected chi connectivity index (χ4v) is 1.98. The van der Waals surface area contributed by atoms with Crippen molar-refractivity contribution in [1.82, 2.24) is 10.6 Å². The summed E-state index contributed by atoms with van der Waals surface area (Å²) in [5, 5.41) is 5.08. The highest BCUT2D eigenvalue weighted by Gasteiger charge is 2.28. The lowest BCUT2D eigenvalue weighted by atomic mass is 10.2. The number of nitrogens with one attached hydrogen (secondary N) is 2. The molecule has 0 saturated heterocycles. The summed E-state index contributed by atoms with van der Waals surface area (Å²) in [6, 6.07) is 5.67. The molecule has 0 aliphatic rings. The molecule has 0 bridgehead atoms. The number of hydrogen-bond acceptors (Lipinski definition) is 3. The van der Waals surface area contributed by atoms with E-state index in [9.17, 15) is 22.8 Å². The number of hydrogen-bond donors (Lipinski definition) is 2. The van der Waals surface area contributed by atoms with Crippen molar-refractivity contribution >= 4 is 29.7 Å². The third-order valence-electron chi connectivity index (χ3n) is 2.34. The second kappa shape index (κ2) is 8.47. The largest absolute Gasteiger partial charge is 0.446 e. The van der Waals surface area contributed by atoms with Crippen molar-refractivity contribution in [3.05, 3.63) is 35.9 Å². The second-order valence-corrected chi connectivity index (χ2v) is 5.36. The molecule has 0 spiro atoms. The van der Waals surface area contributed by atoms with E-state index in [1.807, 2.05) is 0 Å². The lowest BCUT2D eigenvalue weighted by molar-refractivity contribution is -0.119.